The molecule has 0 aromatic heterocycles. The van der Waals surface area contributed by atoms with E-state index >= 15 is 0 Å². The summed E-state index contributed by atoms with van der Waals surface area (Å²) in [6.45, 7) is 6.28. The molecule has 84 valence electrons. The van der Waals surface area contributed by atoms with Gasteiger partial charge in [0.05, 0.1) is 11.4 Å². The van der Waals surface area contributed by atoms with E-state index in [4.69, 9.17) is 10.5 Å². The molecule has 0 heterocycles. The van der Waals surface area contributed by atoms with E-state index in [0.717, 1.165) is 24.5 Å². The summed E-state index contributed by atoms with van der Waals surface area (Å²) in [4.78, 5) is 10.8. The highest BCUT2D eigenvalue weighted by Gasteiger charge is 2.03. The van der Waals surface area contributed by atoms with Crippen LogP contribution in [-0.4, -0.2) is 19.5 Å². The molecule has 1 aromatic carbocycles. The number of hydrogen-bond donors (Lipinski definition) is 2. The molecule has 15 heavy (non-hydrogen) atoms. The molecule has 4 N–H and O–H groups in total. The molecule has 0 saturated heterocycles. The summed E-state index contributed by atoms with van der Waals surface area (Å²) in [6, 6.07) is 7.97. The summed E-state index contributed by atoms with van der Waals surface area (Å²) in [6.07, 6.45) is 0.250. The van der Waals surface area contributed by atoms with Gasteiger partial charge < -0.3 is 16.4 Å². The van der Waals surface area contributed by atoms with Crippen LogP contribution in [0.5, 0.6) is 0 Å². The second kappa shape index (κ2) is 7.67. The Morgan fingerprint density at radius 1 is 1.27 bits per heavy atom. The molecule has 4 nitrogen and oxygen atoms in total. The zero-order chi connectivity index (χ0) is 11.7. The van der Waals surface area contributed by atoms with Crippen molar-refractivity contribution in [1.29, 1.82) is 0 Å². The molecule has 0 atom stereocenters. The van der Waals surface area contributed by atoms with E-state index in [1.165, 1.54) is 0 Å². The lowest BCUT2D eigenvalue weighted by Crippen LogP contribution is -2.22. The Bertz CT molecular complexity index is 285. The monoisotopic (exact) mass is 209 g/mol. The first kappa shape index (κ1) is 13.3. The lowest BCUT2D eigenvalue weighted by molar-refractivity contribution is -0.106. The van der Waals surface area contributed by atoms with Crippen LogP contribution in [0.2, 0.25) is 0 Å². The average molecular weight is 209 g/mol. The minimum absolute atomic E-state index is 0.250. The third kappa shape index (κ3) is 4.35. The van der Waals surface area contributed by atoms with Gasteiger partial charge in [0.25, 0.3) is 0 Å². The van der Waals surface area contributed by atoms with Crippen molar-refractivity contribution in [2.45, 2.75) is 13.8 Å². The molecule has 0 radical (unpaired) electrons. The molecule has 1 amide bonds. The van der Waals surface area contributed by atoms with Crippen LogP contribution in [0.4, 0.5) is 11.4 Å². The van der Waals surface area contributed by atoms with Crippen LogP contribution in [0, 0.1) is 0 Å². The van der Waals surface area contributed by atoms with Crippen LogP contribution in [0.15, 0.2) is 24.3 Å². The minimum Gasteiger partial charge on any atom is -0.397 e. The molecule has 0 fully saturated rings. The van der Waals surface area contributed by atoms with E-state index in [0.29, 0.717) is 0 Å². The van der Waals surface area contributed by atoms with Gasteiger partial charge in [-0.25, -0.2) is 0 Å². The van der Waals surface area contributed by atoms with Gasteiger partial charge in [-0.1, -0.05) is 12.1 Å². The number of para-hydroxylation sites is 2. The Labute approximate surface area is 90.9 Å². The SMILES string of the molecule is CCN(CC)c1ccccc1N.NC=O. The summed E-state index contributed by atoms with van der Waals surface area (Å²) in [7, 11) is 0. The van der Waals surface area contributed by atoms with Crippen LogP contribution in [0.1, 0.15) is 13.8 Å². The second-order valence-corrected chi connectivity index (χ2v) is 2.87. The van der Waals surface area contributed by atoms with Crippen LogP contribution < -0.4 is 16.4 Å². The van der Waals surface area contributed by atoms with Crippen molar-refractivity contribution in [3.05, 3.63) is 24.3 Å². The van der Waals surface area contributed by atoms with Gasteiger partial charge in [-0.05, 0) is 26.0 Å². The molecule has 4 heteroatoms. The maximum absolute atomic E-state index is 8.58. The van der Waals surface area contributed by atoms with Crippen molar-refractivity contribution in [2.24, 2.45) is 5.73 Å². The Balaban J connectivity index is 0.000000583. The van der Waals surface area contributed by atoms with E-state index < -0.39 is 0 Å². The first-order valence-corrected chi connectivity index (χ1v) is 4.96. The minimum atomic E-state index is 0.250. The van der Waals surface area contributed by atoms with Gasteiger partial charge in [0.2, 0.25) is 6.41 Å². The summed E-state index contributed by atoms with van der Waals surface area (Å²) in [5, 5.41) is 0. The molecule has 0 saturated carbocycles. The smallest absolute Gasteiger partial charge is 0.204 e. The summed E-state index contributed by atoms with van der Waals surface area (Å²) >= 11 is 0. The number of benzene rings is 1. The first-order chi connectivity index (χ1) is 7.21. The lowest BCUT2D eigenvalue weighted by atomic mass is 10.2. The first-order valence-electron chi connectivity index (χ1n) is 4.96. The summed E-state index contributed by atoms with van der Waals surface area (Å²) in [5.74, 6) is 0. The van der Waals surface area contributed by atoms with E-state index in [1.54, 1.807) is 0 Å². The van der Waals surface area contributed by atoms with E-state index in [9.17, 15) is 0 Å². The van der Waals surface area contributed by atoms with Crippen molar-refractivity contribution in [3.63, 3.8) is 0 Å². The Hall–Kier alpha value is -1.71. The van der Waals surface area contributed by atoms with Crippen LogP contribution in [0.25, 0.3) is 0 Å². The van der Waals surface area contributed by atoms with Gasteiger partial charge in [0.15, 0.2) is 0 Å². The van der Waals surface area contributed by atoms with Crippen LogP contribution in [0.3, 0.4) is 0 Å². The highest BCUT2D eigenvalue weighted by molar-refractivity contribution is 5.67. The lowest BCUT2D eigenvalue weighted by Gasteiger charge is -2.22. The highest BCUT2D eigenvalue weighted by Crippen LogP contribution is 2.21. The zero-order valence-corrected chi connectivity index (χ0v) is 9.31. The third-order valence-electron chi connectivity index (χ3n) is 2.04. The van der Waals surface area contributed by atoms with Gasteiger partial charge in [0, 0.05) is 13.1 Å². The number of nitrogens with zero attached hydrogens (tertiary/aromatic N) is 1. The second-order valence-electron chi connectivity index (χ2n) is 2.87. The number of hydrogen-bond acceptors (Lipinski definition) is 3. The highest BCUT2D eigenvalue weighted by atomic mass is 16.1. The number of nitrogens with two attached hydrogens (primary N) is 2. The molecule has 1 rings (SSSR count). The van der Waals surface area contributed by atoms with Crippen molar-refractivity contribution in [2.75, 3.05) is 23.7 Å². The number of nitrogen functional groups attached to an aromatic ring is 1. The van der Waals surface area contributed by atoms with Crippen molar-refractivity contribution in [1.82, 2.24) is 0 Å². The number of anilines is 2. The molecular weight excluding hydrogens is 190 g/mol. The quantitative estimate of drug-likeness (QED) is 0.580. The standard InChI is InChI=1S/C10H16N2.CH3NO/c1-3-12(4-2)10-8-6-5-7-9(10)11;2-1-3/h5-8H,3-4,11H2,1-2H3;1H,(H2,2,3). The molecular formula is C11H19N3O. The maximum atomic E-state index is 8.58. The Morgan fingerprint density at radius 3 is 2.13 bits per heavy atom. The zero-order valence-electron chi connectivity index (χ0n) is 9.31. The molecule has 0 bridgehead atoms. The van der Waals surface area contributed by atoms with Gasteiger partial charge in [0.1, 0.15) is 0 Å². The fraction of sp³-hybridized carbons (Fsp3) is 0.364. The molecule has 0 aliphatic heterocycles. The van der Waals surface area contributed by atoms with Crippen LogP contribution in [-0.2, 0) is 4.79 Å². The molecule has 1 aromatic rings. The number of carbonyl (C=O) groups is 1. The molecule has 0 unspecified atom stereocenters. The molecule has 0 aliphatic carbocycles. The fourth-order valence-electron chi connectivity index (χ4n) is 1.34. The summed E-state index contributed by atoms with van der Waals surface area (Å²) < 4.78 is 0. The number of carbonyl (C=O) groups excluding carboxylic acids is 1. The van der Waals surface area contributed by atoms with Gasteiger partial charge >= 0.3 is 0 Å². The van der Waals surface area contributed by atoms with Crippen molar-refractivity contribution >= 4 is 17.8 Å². The third-order valence-corrected chi connectivity index (χ3v) is 2.04. The predicted molar refractivity (Wildman–Crippen MR) is 64.7 cm³/mol. The Kier molecular flexibility index (Phi) is 6.80. The van der Waals surface area contributed by atoms with Crippen LogP contribution >= 0.6 is 0 Å². The maximum Gasteiger partial charge on any atom is 0.204 e. The topological polar surface area (TPSA) is 72.3 Å². The number of primary amides is 1. The molecule has 0 aliphatic rings. The summed E-state index contributed by atoms with van der Waals surface area (Å²) in [5.41, 5.74) is 12.0. The molecule has 0 spiro atoms. The predicted octanol–water partition coefficient (Wildman–Crippen LogP) is 1.22. The van der Waals surface area contributed by atoms with Gasteiger partial charge in [-0.3, -0.25) is 4.79 Å². The van der Waals surface area contributed by atoms with E-state index in [-0.39, 0.29) is 6.41 Å². The average Bonchev–Trinajstić information content (AvgIpc) is 2.24. The van der Waals surface area contributed by atoms with E-state index in [2.05, 4.69) is 30.5 Å². The van der Waals surface area contributed by atoms with E-state index in [1.807, 2.05) is 18.2 Å². The van der Waals surface area contributed by atoms with Gasteiger partial charge in [-0.15, -0.1) is 0 Å². The largest absolute Gasteiger partial charge is 0.397 e. The normalized spacial score (nSPS) is 8.67. The van der Waals surface area contributed by atoms with Crippen molar-refractivity contribution in [3.8, 4) is 0 Å². The van der Waals surface area contributed by atoms with Gasteiger partial charge in [-0.2, -0.15) is 0 Å². The number of rotatable bonds is 3. The Morgan fingerprint density at radius 2 is 1.73 bits per heavy atom. The fourth-order valence-corrected chi connectivity index (χ4v) is 1.34. The van der Waals surface area contributed by atoms with Crippen molar-refractivity contribution < 1.29 is 4.79 Å². The number of amides is 1.